The van der Waals surface area contributed by atoms with E-state index < -0.39 is 0 Å². The highest BCUT2D eigenvalue weighted by atomic mass is 32.2. The molecule has 0 fully saturated rings. The fraction of sp³-hybridized carbons (Fsp3) is 0.462. The molecule has 0 saturated carbocycles. The first-order valence-corrected chi connectivity index (χ1v) is 7.17. The van der Waals surface area contributed by atoms with Gasteiger partial charge in [-0.15, -0.1) is 0 Å². The second-order valence-corrected chi connectivity index (χ2v) is 4.91. The molecule has 0 atom stereocenters. The highest BCUT2D eigenvalue weighted by Gasteiger charge is 2.00. The van der Waals surface area contributed by atoms with Gasteiger partial charge in [0.2, 0.25) is 0 Å². The Hall–Kier alpha value is -1.16. The first-order chi connectivity index (χ1) is 8.24. The maximum Gasteiger partial charge on any atom is 0.191 e. The van der Waals surface area contributed by atoms with Crippen LogP contribution in [0.1, 0.15) is 12.0 Å². The predicted octanol–water partition coefficient (Wildman–Crippen LogP) is 2.19. The van der Waals surface area contributed by atoms with Crippen LogP contribution < -0.4 is 5.73 Å². The van der Waals surface area contributed by atoms with Crippen molar-refractivity contribution in [3.63, 3.8) is 0 Å². The molecule has 1 rings (SSSR count). The Morgan fingerprint density at radius 1 is 1.35 bits per heavy atom. The Balaban J connectivity index is 2.38. The topological polar surface area (TPSA) is 41.6 Å². The number of thioether (sulfide) groups is 1. The van der Waals surface area contributed by atoms with Crippen LogP contribution in [0.25, 0.3) is 0 Å². The third-order valence-corrected chi connectivity index (χ3v) is 3.20. The van der Waals surface area contributed by atoms with E-state index in [1.807, 2.05) is 41.9 Å². The molecule has 94 valence electrons. The van der Waals surface area contributed by atoms with Crippen LogP contribution in [-0.4, -0.2) is 36.5 Å². The summed E-state index contributed by atoms with van der Waals surface area (Å²) < 4.78 is 0. The summed E-state index contributed by atoms with van der Waals surface area (Å²) in [7, 11) is 1.99. The van der Waals surface area contributed by atoms with E-state index in [-0.39, 0.29) is 0 Å². The fourth-order valence-electron chi connectivity index (χ4n) is 1.44. The van der Waals surface area contributed by atoms with Gasteiger partial charge in [0.05, 0.1) is 6.54 Å². The van der Waals surface area contributed by atoms with E-state index in [9.17, 15) is 0 Å². The Labute approximate surface area is 108 Å². The molecule has 0 aliphatic rings. The lowest BCUT2D eigenvalue weighted by atomic mass is 10.2. The normalized spacial score (nSPS) is 11.5. The van der Waals surface area contributed by atoms with Crippen LogP contribution in [0.5, 0.6) is 0 Å². The largest absolute Gasteiger partial charge is 0.370 e. The molecular weight excluding hydrogens is 230 g/mol. The van der Waals surface area contributed by atoms with Gasteiger partial charge in [-0.2, -0.15) is 11.8 Å². The van der Waals surface area contributed by atoms with Crippen molar-refractivity contribution in [1.29, 1.82) is 0 Å². The monoisotopic (exact) mass is 251 g/mol. The fourth-order valence-corrected chi connectivity index (χ4v) is 1.85. The summed E-state index contributed by atoms with van der Waals surface area (Å²) >= 11 is 1.86. The zero-order valence-electron chi connectivity index (χ0n) is 10.6. The minimum Gasteiger partial charge on any atom is -0.370 e. The van der Waals surface area contributed by atoms with Crippen LogP contribution in [0.3, 0.4) is 0 Å². The molecule has 0 heterocycles. The summed E-state index contributed by atoms with van der Waals surface area (Å²) in [4.78, 5) is 6.40. The van der Waals surface area contributed by atoms with Crippen molar-refractivity contribution in [1.82, 2.24) is 4.90 Å². The van der Waals surface area contributed by atoms with Crippen molar-refractivity contribution < 1.29 is 0 Å². The number of nitrogens with two attached hydrogens (primary N) is 1. The molecule has 1 aromatic carbocycles. The lowest BCUT2D eigenvalue weighted by molar-refractivity contribution is 0.495. The van der Waals surface area contributed by atoms with E-state index in [1.165, 1.54) is 5.56 Å². The van der Waals surface area contributed by atoms with Crippen molar-refractivity contribution >= 4 is 17.7 Å². The quantitative estimate of drug-likeness (QED) is 0.479. The van der Waals surface area contributed by atoms with Gasteiger partial charge in [0.25, 0.3) is 0 Å². The number of hydrogen-bond donors (Lipinski definition) is 1. The zero-order chi connectivity index (χ0) is 12.5. The molecule has 1 aromatic rings. The Morgan fingerprint density at radius 3 is 2.71 bits per heavy atom. The molecule has 0 aliphatic heterocycles. The molecule has 4 heteroatoms. The summed E-state index contributed by atoms with van der Waals surface area (Å²) in [6, 6.07) is 10.2. The maximum absolute atomic E-state index is 5.92. The van der Waals surface area contributed by atoms with E-state index in [0.717, 1.165) is 18.7 Å². The predicted molar refractivity (Wildman–Crippen MR) is 77.4 cm³/mol. The van der Waals surface area contributed by atoms with Crippen molar-refractivity contribution in [3.8, 4) is 0 Å². The van der Waals surface area contributed by atoms with E-state index in [2.05, 4.69) is 23.4 Å². The minimum atomic E-state index is 0.620. The lowest BCUT2D eigenvalue weighted by Crippen LogP contribution is -2.35. The van der Waals surface area contributed by atoms with Crippen LogP contribution >= 0.6 is 11.8 Å². The van der Waals surface area contributed by atoms with Crippen LogP contribution in [0.2, 0.25) is 0 Å². The highest BCUT2D eigenvalue weighted by molar-refractivity contribution is 7.98. The number of aliphatic imine (C=N–C) groups is 1. The average molecular weight is 251 g/mol. The van der Waals surface area contributed by atoms with E-state index in [4.69, 9.17) is 5.73 Å². The molecule has 17 heavy (non-hydrogen) atoms. The zero-order valence-corrected chi connectivity index (χ0v) is 11.4. The second kappa shape index (κ2) is 8.01. The molecular formula is C13H21N3S. The van der Waals surface area contributed by atoms with Gasteiger partial charge in [-0.1, -0.05) is 30.3 Å². The number of nitrogens with zero attached hydrogens (tertiary/aromatic N) is 2. The second-order valence-electron chi connectivity index (χ2n) is 3.93. The molecule has 3 nitrogen and oxygen atoms in total. The van der Waals surface area contributed by atoms with Crippen LogP contribution in [-0.2, 0) is 6.54 Å². The molecule has 0 amide bonds. The van der Waals surface area contributed by atoms with Crippen LogP contribution in [0.4, 0.5) is 0 Å². The standard InChI is InChI=1S/C13H21N3S/c1-16(9-6-10-17-2)13(14)15-11-12-7-4-3-5-8-12/h3-5,7-8H,6,9-11H2,1-2H3,(H2,14,15). The number of rotatable bonds is 6. The molecule has 0 radical (unpaired) electrons. The third kappa shape index (κ3) is 5.63. The Kier molecular flexibility index (Phi) is 6.55. The van der Waals surface area contributed by atoms with Crippen LogP contribution in [0.15, 0.2) is 35.3 Å². The van der Waals surface area contributed by atoms with E-state index >= 15 is 0 Å². The van der Waals surface area contributed by atoms with Gasteiger partial charge in [-0.05, 0) is 24.0 Å². The number of benzene rings is 1. The van der Waals surface area contributed by atoms with Gasteiger partial charge in [0.1, 0.15) is 0 Å². The van der Waals surface area contributed by atoms with Gasteiger partial charge >= 0.3 is 0 Å². The van der Waals surface area contributed by atoms with Crippen molar-refractivity contribution in [2.75, 3.05) is 25.6 Å². The van der Waals surface area contributed by atoms with Gasteiger partial charge in [0.15, 0.2) is 5.96 Å². The lowest BCUT2D eigenvalue weighted by Gasteiger charge is -2.17. The number of hydrogen-bond acceptors (Lipinski definition) is 2. The summed E-state index contributed by atoms with van der Waals surface area (Å²) in [5, 5.41) is 0. The van der Waals surface area contributed by atoms with E-state index in [0.29, 0.717) is 12.5 Å². The summed E-state index contributed by atoms with van der Waals surface area (Å²) in [5.74, 6) is 1.78. The SMILES string of the molecule is CSCCCN(C)C(N)=NCc1ccccc1. The summed E-state index contributed by atoms with van der Waals surface area (Å²) in [6.07, 6.45) is 3.26. The number of guanidine groups is 1. The minimum absolute atomic E-state index is 0.620. The molecule has 2 N–H and O–H groups in total. The average Bonchev–Trinajstić information content (AvgIpc) is 2.37. The van der Waals surface area contributed by atoms with Gasteiger partial charge in [-0.3, -0.25) is 0 Å². The molecule has 0 aromatic heterocycles. The van der Waals surface area contributed by atoms with Crippen molar-refractivity contribution in [3.05, 3.63) is 35.9 Å². The molecule has 0 aliphatic carbocycles. The first kappa shape index (κ1) is 13.9. The van der Waals surface area contributed by atoms with Crippen molar-refractivity contribution in [2.45, 2.75) is 13.0 Å². The molecule has 0 unspecified atom stereocenters. The van der Waals surface area contributed by atoms with Gasteiger partial charge in [0, 0.05) is 13.6 Å². The highest BCUT2D eigenvalue weighted by Crippen LogP contribution is 2.01. The maximum atomic E-state index is 5.92. The van der Waals surface area contributed by atoms with E-state index in [1.54, 1.807) is 0 Å². The summed E-state index contributed by atoms with van der Waals surface area (Å²) in [6.45, 7) is 1.62. The molecule has 0 spiro atoms. The van der Waals surface area contributed by atoms with Crippen LogP contribution in [0, 0.1) is 0 Å². The Morgan fingerprint density at radius 2 is 2.06 bits per heavy atom. The smallest absolute Gasteiger partial charge is 0.191 e. The molecule has 0 saturated heterocycles. The Bertz CT molecular complexity index is 338. The first-order valence-electron chi connectivity index (χ1n) is 5.78. The van der Waals surface area contributed by atoms with Gasteiger partial charge < -0.3 is 10.6 Å². The molecule has 0 bridgehead atoms. The van der Waals surface area contributed by atoms with Gasteiger partial charge in [-0.25, -0.2) is 4.99 Å². The third-order valence-electron chi connectivity index (χ3n) is 2.50. The summed E-state index contributed by atoms with van der Waals surface area (Å²) in [5.41, 5.74) is 7.10. The van der Waals surface area contributed by atoms with Crippen molar-refractivity contribution in [2.24, 2.45) is 10.7 Å².